The smallest absolute Gasteiger partial charge is 0.239 e. The SMILES string of the molecule is CCNC(=NCc1ccc(C)cc1OCCCOC)NCC(=O)NC(C)(C)C. The summed E-state index contributed by atoms with van der Waals surface area (Å²) in [5.74, 6) is 1.36. The average Bonchev–Trinajstić information content (AvgIpc) is 2.61. The number of benzene rings is 1. The van der Waals surface area contributed by atoms with E-state index in [-0.39, 0.29) is 18.0 Å². The number of rotatable bonds is 10. The van der Waals surface area contributed by atoms with Crippen LogP contribution < -0.4 is 20.7 Å². The van der Waals surface area contributed by atoms with Gasteiger partial charge in [-0.2, -0.15) is 0 Å². The van der Waals surface area contributed by atoms with E-state index in [1.165, 1.54) is 0 Å². The predicted octanol–water partition coefficient (Wildman–Crippen LogP) is 2.38. The lowest BCUT2D eigenvalue weighted by Gasteiger charge is -2.21. The summed E-state index contributed by atoms with van der Waals surface area (Å²) in [7, 11) is 1.68. The summed E-state index contributed by atoms with van der Waals surface area (Å²) < 4.78 is 11.0. The number of carbonyl (C=O) groups is 1. The van der Waals surface area contributed by atoms with Crippen molar-refractivity contribution in [2.45, 2.75) is 53.1 Å². The number of aryl methyl sites for hydroxylation is 1. The minimum absolute atomic E-state index is 0.0735. The lowest BCUT2D eigenvalue weighted by atomic mass is 10.1. The highest BCUT2D eigenvalue weighted by molar-refractivity contribution is 5.86. The molecule has 0 saturated heterocycles. The number of guanidine groups is 1. The van der Waals surface area contributed by atoms with Gasteiger partial charge in [0.25, 0.3) is 0 Å². The third-order valence-corrected chi connectivity index (χ3v) is 3.66. The molecule has 0 atom stereocenters. The molecule has 1 amide bonds. The number of hydrogen-bond acceptors (Lipinski definition) is 4. The number of amides is 1. The van der Waals surface area contributed by atoms with Gasteiger partial charge < -0.3 is 25.4 Å². The Morgan fingerprint density at radius 2 is 1.93 bits per heavy atom. The van der Waals surface area contributed by atoms with Gasteiger partial charge in [-0.3, -0.25) is 4.79 Å². The summed E-state index contributed by atoms with van der Waals surface area (Å²) in [6, 6.07) is 6.10. The van der Waals surface area contributed by atoms with Gasteiger partial charge in [-0.1, -0.05) is 12.1 Å². The van der Waals surface area contributed by atoms with E-state index in [2.05, 4.69) is 20.9 Å². The average molecular weight is 393 g/mol. The van der Waals surface area contributed by atoms with Crippen molar-refractivity contribution in [3.8, 4) is 5.75 Å². The molecule has 0 aliphatic heterocycles. The summed E-state index contributed by atoms with van der Waals surface area (Å²) in [4.78, 5) is 16.6. The number of methoxy groups -OCH3 is 1. The standard InChI is InChI=1S/C21H36N4O3/c1-7-22-20(24-15-19(26)25-21(3,4)5)23-14-17-10-9-16(2)13-18(17)28-12-8-11-27-6/h9-10,13H,7-8,11-12,14-15H2,1-6H3,(H,25,26)(H2,22,23,24). The van der Waals surface area contributed by atoms with Crippen LogP contribution in [0.3, 0.4) is 0 Å². The number of aliphatic imine (C=N–C) groups is 1. The van der Waals surface area contributed by atoms with Crippen LogP contribution in [0.4, 0.5) is 0 Å². The van der Waals surface area contributed by atoms with Crippen LogP contribution in [0, 0.1) is 6.92 Å². The molecule has 0 unspecified atom stereocenters. The van der Waals surface area contributed by atoms with E-state index in [0.717, 1.165) is 23.3 Å². The molecular formula is C21H36N4O3. The fraction of sp³-hybridized carbons (Fsp3) is 0.619. The molecule has 0 radical (unpaired) electrons. The molecule has 0 aromatic heterocycles. The number of nitrogens with one attached hydrogen (secondary N) is 3. The van der Waals surface area contributed by atoms with Gasteiger partial charge in [-0.25, -0.2) is 4.99 Å². The van der Waals surface area contributed by atoms with Gasteiger partial charge in [0.15, 0.2) is 5.96 Å². The number of carbonyl (C=O) groups excluding carboxylic acids is 1. The van der Waals surface area contributed by atoms with Crippen molar-refractivity contribution in [1.82, 2.24) is 16.0 Å². The molecule has 0 aliphatic carbocycles. The highest BCUT2D eigenvalue weighted by Crippen LogP contribution is 2.21. The van der Waals surface area contributed by atoms with Crippen molar-refractivity contribution in [2.75, 3.05) is 33.4 Å². The Morgan fingerprint density at radius 1 is 1.18 bits per heavy atom. The zero-order chi connectivity index (χ0) is 21.0. The molecular weight excluding hydrogens is 356 g/mol. The highest BCUT2D eigenvalue weighted by atomic mass is 16.5. The van der Waals surface area contributed by atoms with E-state index in [1.54, 1.807) is 7.11 Å². The minimum atomic E-state index is -0.259. The Morgan fingerprint density at radius 3 is 2.57 bits per heavy atom. The first-order valence-corrected chi connectivity index (χ1v) is 9.79. The van der Waals surface area contributed by atoms with Gasteiger partial charge in [0.05, 0.1) is 19.7 Å². The Bertz CT molecular complexity index is 639. The van der Waals surface area contributed by atoms with Crippen molar-refractivity contribution in [1.29, 1.82) is 0 Å². The molecule has 1 aromatic rings. The van der Waals surface area contributed by atoms with E-state index in [0.29, 0.717) is 32.3 Å². The highest BCUT2D eigenvalue weighted by Gasteiger charge is 2.13. The Balaban J connectivity index is 2.73. The molecule has 1 rings (SSSR count). The third kappa shape index (κ3) is 10.2. The van der Waals surface area contributed by atoms with Gasteiger partial charge in [0.1, 0.15) is 5.75 Å². The fourth-order valence-corrected chi connectivity index (χ4v) is 2.44. The van der Waals surface area contributed by atoms with Crippen molar-refractivity contribution < 1.29 is 14.3 Å². The largest absolute Gasteiger partial charge is 0.493 e. The van der Waals surface area contributed by atoms with Crippen LogP contribution in [-0.4, -0.2) is 50.8 Å². The third-order valence-electron chi connectivity index (χ3n) is 3.66. The van der Waals surface area contributed by atoms with Gasteiger partial charge >= 0.3 is 0 Å². The number of ether oxygens (including phenoxy) is 2. The molecule has 1 aromatic carbocycles. The predicted molar refractivity (Wildman–Crippen MR) is 114 cm³/mol. The number of nitrogens with zero attached hydrogens (tertiary/aromatic N) is 1. The fourth-order valence-electron chi connectivity index (χ4n) is 2.44. The van der Waals surface area contributed by atoms with Crippen LogP contribution in [0.5, 0.6) is 5.75 Å². The van der Waals surface area contributed by atoms with E-state index >= 15 is 0 Å². The molecule has 28 heavy (non-hydrogen) atoms. The van der Waals surface area contributed by atoms with Gasteiger partial charge in [-0.15, -0.1) is 0 Å². The van der Waals surface area contributed by atoms with Crippen LogP contribution in [0.2, 0.25) is 0 Å². The van der Waals surface area contributed by atoms with Crippen molar-refractivity contribution in [2.24, 2.45) is 4.99 Å². The van der Waals surface area contributed by atoms with Gasteiger partial charge in [0, 0.05) is 37.8 Å². The summed E-state index contributed by atoms with van der Waals surface area (Å²) in [6.45, 7) is 12.5. The lowest BCUT2D eigenvalue weighted by Crippen LogP contribution is -2.48. The first-order valence-electron chi connectivity index (χ1n) is 9.79. The van der Waals surface area contributed by atoms with Crippen LogP contribution in [0.25, 0.3) is 0 Å². The topological polar surface area (TPSA) is 84.0 Å². The zero-order valence-electron chi connectivity index (χ0n) is 18.1. The summed E-state index contributed by atoms with van der Waals surface area (Å²) in [5, 5.41) is 9.16. The van der Waals surface area contributed by atoms with Crippen molar-refractivity contribution in [3.05, 3.63) is 29.3 Å². The molecule has 158 valence electrons. The van der Waals surface area contributed by atoms with Crippen LogP contribution >= 0.6 is 0 Å². The summed E-state index contributed by atoms with van der Waals surface area (Å²) in [5.41, 5.74) is 1.88. The maximum Gasteiger partial charge on any atom is 0.239 e. The van der Waals surface area contributed by atoms with E-state index < -0.39 is 0 Å². The second kappa shape index (κ2) is 12.2. The lowest BCUT2D eigenvalue weighted by molar-refractivity contribution is -0.121. The second-order valence-electron chi connectivity index (χ2n) is 7.65. The molecule has 0 bridgehead atoms. The maximum atomic E-state index is 12.0. The van der Waals surface area contributed by atoms with E-state index in [1.807, 2.05) is 52.8 Å². The second-order valence-corrected chi connectivity index (χ2v) is 7.65. The van der Waals surface area contributed by atoms with Gasteiger partial charge in [-0.05, 0) is 46.2 Å². The molecule has 0 saturated carbocycles. The zero-order valence-corrected chi connectivity index (χ0v) is 18.1. The Labute approximate surface area is 169 Å². The normalized spacial score (nSPS) is 11.9. The maximum absolute atomic E-state index is 12.0. The Kier molecular flexibility index (Phi) is 10.4. The number of hydrogen-bond donors (Lipinski definition) is 3. The molecule has 0 heterocycles. The minimum Gasteiger partial charge on any atom is -0.493 e. The van der Waals surface area contributed by atoms with Crippen LogP contribution in [-0.2, 0) is 16.1 Å². The monoisotopic (exact) mass is 392 g/mol. The summed E-state index contributed by atoms with van der Waals surface area (Å²) >= 11 is 0. The van der Waals surface area contributed by atoms with Crippen molar-refractivity contribution >= 4 is 11.9 Å². The summed E-state index contributed by atoms with van der Waals surface area (Å²) in [6.07, 6.45) is 0.834. The molecule has 7 nitrogen and oxygen atoms in total. The molecule has 0 aliphatic rings. The van der Waals surface area contributed by atoms with Crippen molar-refractivity contribution in [3.63, 3.8) is 0 Å². The van der Waals surface area contributed by atoms with E-state index in [4.69, 9.17) is 9.47 Å². The van der Waals surface area contributed by atoms with Crippen LogP contribution in [0.1, 0.15) is 45.2 Å². The first-order chi connectivity index (χ1) is 13.2. The first kappa shape index (κ1) is 23.8. The molecule has 0 spiro atoms. The van der Waals surface area contributed by atoms with Gasteiger partial charge in [0.2, 0.25) is 5.91 Å². The molecule has 3 N–H and O–H groups in total. The quantitative estimate of drug-likeness (QED) is 0.323. The molecule has 7 heteroatoms. The Hall–Kier alpha value is -2.28. The van der Waals surface area contributed by atoms with E-state index in [9.17, 15) is 4.79 Å². The van der Waals surface area contributed by atoms with Crippen LogP contribution in [0.15, 0.2) is 23.2 Å². The molecule has 0 fully saturated rings.